The van der Waals surface area contributed by atoms with E-state index in [0.717, 1.165) is 20.1 Å². The van der Waals surface area contributed by atoms with Crippen molar-refractivity contribution >= 4 is 31.9 Å². The van der Waals surface area contributed by atoms with Crippen LogP contribution in [0.4, 0.5) is 0 Å². The van der Waals surface area contributed by atoms with Gasteiger partial charge in [0.05, 0.1) is 12.1 Å². The maximum atomic E-state index is 6.38. The van der Waals surface area contributed by atoms with E-state index in [-0.39, 0.29) is 12.1 Å². The highest BCUT2D eigenvalue weighted by Gasteiger charge is 2.21. The fraction of sp³-hybridized carbons (Fsp3) is 0.250. The summed E-state index contributed by atoms with van der Waals surface area (Å²) in [5.41, 5.74) is 17.2. The van der Waals surface area contributed by atoms with E-state index in [1.54, 1.807) is 0 Å². The molecule has 0 amide bonds. The van der Waals surface area contributed by atoms with Gasteiger partial charge >= 0.3 is 0 Å². The second kappa shape index (κ2) is 6.39. The molecule has 0 radical (unpaired) electrons. The summed E-state index contributed by atoms with van der Waals surface area (Å²) < 4.78 is 1.99. The summed E-state index contributed by atoms with van der Waals surface area (Å²) >= 11 is 7.12. The number of aryl methyl sites for hydroxylation is 2. The number of rotatable bonds is 3. The Morgan fingerprint density at radius 3 is 1.45 bits per heavy atom. The predicted octanol–water partition coefficient (Wildman–Crippen LogP) is 4.53. The van der Waals surface area contributed by atoms with Gasteiger partial charge in [0.2, 0.25) is 0 Å². The van der Waals surface area contributed by atoms with E-state index in [9.17, 15) is 0 Å². The number of halogens is 2. The fourth-order valence-electron chi connectivity index (χ4n) is 2.22. The number of benzene rings is 2. The Balaban J connectivity index is 2.39. The molecular weight excluding hydrogens is 380 g/mol. The first-order valence-electron chi connectivity index (χ1n) is 6.43. The van der Waals surface area contributed by atoms with Crippen molar-refractivity contribution in [3.05, 3.63) is 67.6 Å². The molecule has 0 aliphatic rings. The van der Waals surface area contributed by atoms with Gasteiger partial charge in [-0.1, -0.05) is 67.3 Å². The summed E-state index contributed by atoms with van der Waals surface area (Å²) in [5.74, 6) is 0. The molecule has 0 spiro atoms. The van der Waals surface area contributed by atoms with E-state index >= 15 is 0 Å². The van der Waals surface area contributed by atoms with Crippen molar-refractivity contribution in [1.82, 2.24) is 0 Å². The molecule has 2 unspecified atom stereocenters. The molecule has 0 aliphatic carbocycles. The predicted molar refractivity (Wildman–Crippen MR) is 91.6 cm³/mol. The monoisotopic (exact) mass is 396 g/mol. The van der Waals surface area contributed by atoms with Gasteiger partial charge in [0, 0.05) is 8.95 Å². The van der Waals surface area contributed by atoms with Crippen LogP contribution in [0.25, 0.3) is 0 Å². The third-order valence-corrected chi connectivity index (χ3v) is 4.85. The van der Waals surface area contributed by atoms with Crippen molar-refractivity contribution in [2.45, 2.75) is 25.9 Å². The Hall–Kier alpha value is -0.680. The van der Waals surface area contributed by atoms with Crippen LogP contribution in [0, 0.1) is 13.8 Å². The molecule has 4 heteroatoms. The SMILES string of the molecule is Cc1ccc(Br)c(C(N)C(N)c2cc(C)ccc2Br)c1. The zero-order chi connectivity index (χ0) is 14.9. The first-order chi connectivity index (χ1) is 9.40. The van der Waals surface area contributed by atoms with Crippen LogP contribution in [0.2, 0.25) is 0 Å². The van der Waals surface area contributed by atoms with Crippen LogP contribution < -0.4 is 11.5 Å². The molecule has 0 heterocycles. The highest BCUT2D eigenvalue weighted by molar-refractivity contribution is 9.10. The molecule has 0 saturated carbocycles. The van der Waals surface area contributed by atoms with Gasteiger partial charge in [0.25, 0.3) is 0 Å². The summed E-state index contributed by atoms with van der Waals surface area (Å²) in [6.45, 7) is 4.10. The van der Waals surface area contributed by atoms with Crippen molar-refractivity contribution in [2.24, 2.45) is 11.5 Å². The van der Waals surface area contributed by atoms with E-state index in [2.05, 4.69) is 70.0 Å². The van der Waals surface area contributed by atoms with Crippen molar-refractivity contribution in [1.29, 1.82) is 0 Å². The Morgan fingerprint density at radius 2 is 1.10 bits per heavy atom. The molecule has 106 valence electrons. The number of nitrogens with two attached hydrogens (primary N) is 2. The van der Waals surface area contributed by atoms with Crippen LogP contribution in [0.5, 0.6) is 0 Å². The van der Waals surface area contributed by atoms with Gasteiger partial charge in [-0.25, -0.2) is 0 Å². The third-order valence-electron chi connectivity index (χ3n) is 3.41. The lowest BCUT2D eigenvalue weighted by atomic mass is 9.93. The first-order valence-corrected chi connectivity index (χ1v) is 8.02. The van der Waals surface area contributed by atoms with Gasteiger partial charge in [-0.15, -0.1) is 0 Å². The maximum absolute atomic E-state index is 6.38. The van der Waals surface area contributed by atoms with Crippen LogP contribution in [0.3, 0.4) is 0 Å². The largest absolute Gasteiger partial charge is 0.322 e. The standard InChI is InChI=1S/C16H18Br2N2/c1-9-3-5-13(17)11(7-9)15(19)16(20)12-8-10(2)4-6-14(12)18/h3-8,15-16H,19-20H2,1-2H3. The van der Waals surface area contributed by atoms with Gasteiger partial charge in [-0.2, -0.15) is 0 Å². The first kappa shape index (κ1) is 15.7. The lowest BCUT2D eigenvalue weighted by Gasteiger charge is -2.23. The minimum atomic E-state index is -0.262. The van der Waals surface area contributed by atoms with Gasteiger partial charge in [-0.3, -0.25) is 0 Å². The highest BCUT2D eigenvalue weighted by atomic mass is 79.9. The second-order valence-electron chi connectivity index (χ2n) is 5.10. The Bertz CT molecular complexity index is 570. The molecule has 2 rings (SSSR count). The zero-order valence-electron chi connectivity index (χ0n) is 11.5. The Labute approximate surface area is 136 Å². The van der Waals surface area contributed by atoms with Crippen molar-refractivity contribution < 1.29 is 0 Å². The second-order valence-corrected chi connectivity index (χ2v) is 6.81. The molecule has 0 bridgehead atoms. The van der Waals surface area contributed by atoms with Crippen LogP contribution in [0.15, 0.2) is 45.3 Å². The van der Waals surface area contributed by atoms with Gasteiger partial charge in [0.1, 0.15) is 0 Å². The molecule has 2 aromatic carbocycles. The van der Waals surface area contributed by atoms with E-state index in [1.165, 1.54) is 11.1 Å². The van der Waals surface area contributed by atoms with Gasteiger partial charge < -0.3 is 11.5 Å². The lowest BCUT2D eigenvalue weighted by Crippen LogP contribution is -2.27. The molecule has 2 aromatic rings. The molecule has 2 atom stereocenters. The average Bonchev–Trinajstić information content (AvgIpc) is 2.42. The molecule has 2 nitrogen and oxygen atoms in total. The summed E-state index contributed by atoms with van der Waals surface area (Å²) in [5, 5.41) is 0. The van der Waals surface area contributed by atoms with Crippen LogP contribution in [-0.4, -0.2) is 0 Å². The van der Waals surface area contributed by atoms with E-state index in [1.807, 2.05) is 12.1 Å². The fourth-order valence-corrected chi connectivity index (χ4v) is 3.25. The molecule has 0 aliphatic heterocycles. The minimum absolute atomic E-state index is 0.262. The van der Waals surface area contributed by atoms with Crippen LogP contribution >= 0.6 is 31.9 Å². The quantitative estimate of drug-likeness (QED) is 0.799. The van der Waals surface area contributed by atoms with Crippen molar-refractivity contribution in [2.75, 3.05) is 0 Å². The minimum Gasteiger partial charge on any atom is -0.322 e. The van der Waals surface area contributed by atoms with Gasteiger partial charge in [-0.05, 0) is 37.1 Å². The van der Waals surface area contributed by atoms with Crippen LogP contribution in [-0.2, 0) is 0 Å². The molecule has 0 fully saturated rings. The number of hydrogen-bond acceptors (Lipinski definition) is 2. The summed E-state index contributed by atoms with van der Waals surface area (Å²) in [6.07, 6.45) is 0. The summed E-state index contributed by atoms with van der Waals surface area (Å²) in [7, 11) is 0. The van der Waals surface area contributed by atoms with Crippen molar-refractivity contribution in [3.8, 4) is 0 Å². The molecule has 4 N–H and O–H groups in total. The Kier molecular flexibility index (Phi) is 5.02. The molecule has 0 saturated heterocycles. The summed E-state index contributed by atoms with van der Waals surface area (Å²) in [6, 6.07) is 11.8. The molecule has 0 aromatic heterocycles. The number of hydrogen-bond donors (Lipinski definition) is 2. The topological polar surface area (TPSA) is 52.0 Å². The maximum Gasteiger partial charge on any atom is 0.0502 e. The lowest BCUT2D eigenvalue weighted by molar-refractivity contribution is 0.570. The Morgan fingerprint density at radius 1 is 0.750 bits per heavy atom. The van der Waals surface area contributed by atoms with Gasteiger partial charge in [0.15, 0.2) is 0 Å². The molecular formula is C16H18Br2N2. The van der Waals surface area contributed by atoms with E-state index in [0.29, 0.717) is 0 Å². The van der Waals surface area contributed by atoms with Crippen LogP contribution in [0.1, 0.15) is 34.3 Å². The highest BCUT2D eigenvalue weighted by Crippen LogP contribution is 2.33. The third kappa shape index (κ3) is 3.31. The van der Waals surface area contributed by atoms with E-state index < -0.39 is 0 Å². The molecule has 20 heavy (non-hydrogen) atoms. The zero-order valence-corrected chi connectivity index (χ0v) is 14.7. The normalized spacial score (nSPS) is 14.1. The van der Waals surface area contributed by atoms with E-state index in [4.69, 9.17) is 11.5 Å². The smallest absolute Gasteiger partial charge is 0.0502 e. The van der Waals surface area contributed by atoms with Crippen molar-refractivity contribution in [3.63, 3.8) is 0 Å². The average molecular weight is 398 g/mol. The summed E-state index contributed by atoms with van der Waals surface area (Å²) in [4.78, 5) is 0.